The van der Waals surface area contributed by atoms with Crippen LogP contribution in [0.4, 0.5) is 5.82 Å². The van der Waals surface area contributed by atoms with E-state index < -0.39 is 5.97 Å². The van der Waals surface area contributed by atoms with E-state index >= 15 is 0 Å². The van der Waals surface area contributed by atoms with Gasteiger partial charge in [-0.3, -0.25) is 0 Å². The van der Waals surface area contributed by atoms with E-state index in [4.69, 9.17) is 10.5 Å². The lowest BCUT2D eigenvalue weighted by Crippen LogP contribution is -2.11. The molecule has 0 amide bonds. The fraction of sp³-hybridized carbons (Fsp3) is 0.444. The Hall–Kier alpha value is -1.30. The summed E-state index contributed by atoms with van der Waals surface area (Å²) in [5.41, 5.74) is 5.83. The quantitative estimate of drug-likeness (QED) is 0.475. The summed E-state index contributed by atoms with van der Waals surface area (Å²) < 4.78 is 4.93. The van der Waals surface area contributed by atoms with Crippen molar-refractivity contribution in [1.82, 2.24) is 9.97 Å². The zero-order valence-electron chi connectivity index (χ0n) is 8.69. The maximum absolute atomic E-state index is 11.4. The summed E-state index contributed by atoms with van der Waals surface area (Å²) in [6.45, 7) is 2.30. The van der Waals surface area contributed by atoms with Crippen molar-refractivity contribution in [2.45, 2.75) is 18.5 Å². The fourth-order valence-corrected chi connectivity index (χ4v) is 1.25. The number of rotatable bonds is 4. The van der Waals surface area contributed by atoms with Crippen molar-refractivity contribution in [3.05, 3.63) is 11.8 Å². The van der Waals surface area contributed by atoms with Crippen LogP contribution in [-0.4, -0.2) is 28.8 Å². The van der Waals surface area contributed by atoms with Gasteiger partial charge >= 0.3 is 5.97 Å². The highest BCUT2D eigenvalue weighted by Gasteiger charge is 2.13. The van der Waals surface area contributed by atoms with Gasteiger partial charge in [-0.05, 0) is 12.7 Å². The van der Waals surface area contributed by atoms with E-state index in [0.29, 0.717) is 11.8 Å². The number of thioether (sulfide) groups is 1. The van der Waals surface area contributed by atoms with Gasteiger partial charge in [0.05, 0.1) is 6.61 Å². The number of nitrogens with zero attached hydrogens (tertiary/aromatic N) is 2. The molecule has 0 aromatic carbocycles. The number of ether oxygens (including phenoxy) is 1. The molecule has 2 N–H and O–H groups in total. The average molecular weight is 227 g/mol. The topological polar surface area (TPSA) is 78.1 Å². The number of anilines is 1. The predicted molar refractivity (Wildman–Crippen MR) is 58.8 cm³/mol. The van der Waals surface area contributed by atoms with Crippen LogP contribution in [0.25, 0.3) is 0 Å². The first-order valence-corrected chi connectivity index (χ1v) is 5.75. The highest BCUT2D eigenvalue weighted by Crippen LogP contribution is 2.14. The maximum atomic E-state index is 11.4. The summed E-state index contributed by atoms with van der Waals surface area (Å²) in [5.74, 6) is -0.308. The van der Waals surface area contributed by atoms with Crippen LogP contribution in [0.15, 0.2) is 11.4 Å². The molecule has 0 unspecified atom stereocenters. The minimum Gasteiger partial charge on any atom is -0.462 e. The first kappa shape index (κ1) is 11.8. The average Bonchev–Trinajstić information content (AvgIpc) is 2.25. The SMILES string of the molecule is CCCOC(=O)c1cnc(SC)nc1N. The lowest BCUT2D eigenvalue weighted by Gasteiger charge is -2.05. The molecule has 0 bridgehead atoms. The van der Waals surface area contributed by atoms with Crippen molar-refractivity contribution in [2.75, 3.05) is 18.6 Å². The van der Waals surface area contributed by atoms with Gasteiger partial charge in [-0.15, -0.1) is 0 Å². The van der Waals surface area contributed by atoms with Crippen LogP contribution in [-0.2, 0) is 4.74 Å². The van der Waals surface area contributed by atoms with Crippen molar-refractivity contribution in [1.29, 1.82) is 0 Å². The summed E-state index contributed by atoms with van der Waals surface area (Å²) >= 11 is 1.37. The second-order valence-corrected chi connectivity index (χ2v) is 3.56. The Balaban J connectivity index is 2.81. The Kier molecular flexibility index (Phi) is 4.36. The number of nitrogen functional groups attached to an aromatic ring is 1. The Bertz CT molecular complexity index is 357. The molecule has 82 valence electrons. The molecule has 1 rings (SSSR count). The van der Waals surface area contributed by atoms with Crippen molar-refractivity contribution < 1.29 is 9.53 Å². The van der Waals surface area contributed by atoms with E-state index in [-0.39, 0.29) is 11.4 Å². The van der Waals surface area contributed by atoms with Gasteiger partial charge in [0.1, 0.15) is 11.4 Å². The summed E-state index contributed by atoms with van der Waals surface area (Å²) in [5, 5.41) is 0.541. The van der Waals surface area contributed by atoms with Crippen LogP contribution >= 0.6 is 11.8 Å². The highest BCUT2D eigenvalue weighted by atomic mass is 32.2. The minimum atomic E-state index is -0.470. The number of carbonyl (C=O) groups excluding carboxylic acids is 1. The number of carbonyl (C=O) groups is 1. The van der Waals surface area contributed by atoms with Gasteiger partial charge in [0.15, 0.2) is 5.16 Å². The third-order valence-electron chi connectivity index (χ3n) is 1.64. The molecular formula is C9H13N3O2S. The molecule has 0 aliphatic carbocycles. The lowest BCUT2D eigenvalue weighted by molar-refractivity contribution is 0.0505. The zero-order chi connectivity index (χ0) is 11.3. The summed E-state index contributed by atoms with van der Waals surface area (Å²) in [6, 6.07) is 0. The molecule has 0 saturated carbocycles. The Labute approximate surface area is 92.4 Å². The number of nitrogens with two attached hydrogens (primary N) is 1. The number of esters is 1. The van der Waals surface area contributed by atoms with E-state index in [2.05, 4.69) is 9.97 Å². The first-order chi connectivity index (χ1) is 7.19. The second kappa shape index (κ2) is 5.55. The molecule has 0 radical (unpaired) electrons. The second-order valence-electron chi connectivity index (χ2n) is 2.79. The summed E-state index contributed by atoms with van der Waals surface area (Å²) in [7, 11) is 0. The van der Waals surface area contributed by atoms with Gasteiger partial charge < -0.3 is 10.5 Å². The molecule has 1 aromatic rings. The van der Waals surface area contributed by atoms with E-state index in [0.717, 1.165) is 6.42 Å². The van der Waals surface area contributed by atoms with Gasteiger partial charge in [-0.2, -0.15) is 0 Å². The molecule has 0 atom stereocenters. The Morgan fingerprint density at radius 3 is 2.93 bits per heavy atom. The van der Waals surface area contributed by atoms with Gasteiger partial charge in [0, 0.05) is 6.20 Å². The number of hydrogen-bond acceptors (Lipinski definition) is 6. The molecule has 0 saturated heterocycles. The largest absolute Gasteiger partial charge is 0.462 e. The molecule has 0 aliphatic rings. The molecule has 15 heavy (non-hydrogen) atoms. The number of hydrogen-bond donors (Lipinski definition) is 1. The van der Waals surface area contributed by atoms with E-state index in [1.807, 2.05) is 13.2 Å². The molecular weight excluding hydrogens is 214 g/mol. The standard InChI is InChI=1S/C9H13N3O2S/c1-3-4-14-8(13)6-5-11-9(15-2)12-7(6)10/h5H,3-4H2,1-2H3,(H2,10,11,12). The Morgan fingerprint density at radius 2 is 2.40 bits per heavy atom. The lowest BCUT2D eigenvalue weighted by atomic mass is 10.3. The monoisotopic (exact) mass is 227 g/mol. The van der Waals surface area contributed by atoms with Crippen LogP contribution in [0.2, 0.25) is 0 Å². The van der Waals surface area contributed by atoms with Crippen LogP contribution in [0.5, 0.6) is 0 Å². The van der Waals surface area contributed by atoms with Crippen LogP contribution in [0, 0.1) is 0 Å². The molecule has 5 nitrogen and oxygen atoms in total. The summed E-state index contributed by atoms with van der Waals surface area (Å²) in [6.07, 6.45) is 4.01. The number of aromatic nitrogens is 2. The fourth-order valence-electron chi connectivity index (χ4n) is 0.906. The Morgan fingerprint density at radius 1 is 1.67 bits per heavy atom. The van der Waals surface area contributed by atoms with Gasteiger partial charge in [0.25, 0.3) is 0 Å². The van der Waals surface area contributed by atoms with Crippen molar-refractivity contribution >= 4 is 23.5 Å². The maximum Gasteiger partial charge on any atom is 0.343 e. The van der Waals surface area contributed by atoms with Crippen molar-refractivity contribution in [3.63, 3.8) is 0 Å². The highest BCUT2D eigenvalue weighted by molar-refractivity contribution is 7.98. The van der Waals surface area contributed by atoms with Crippen LogP contribution in [0.3, 0.4) is 0 Å². The normalized spacial score (nSPS) is 10.0. The zero-order valence-corrected chi connectivity index (χ0v) is 9.50. The predicted octanol–water partition coefficient (Wildman–Crippen LogP) is 1.35. The molecule has 6 heteroatoms. The van der Waals surface area contributed by atoms with Crippen LogP contribution < -0.4 is 5.73 Å². The molecule has 1 heterocycles. The third-order valence-corrected chi connectivity index (χ3v) is 2.20. The van der Waals surface area contributed by atoms with Crippen LogP contribution in [0.1, 0.15) is 23.7 Å². The molecule has 0 aliphatic heterocycles. The van der Waals surface area contributed by atoms with E-state index in [9.17, 15) is 4.79 Å². The van der Waals surface area contributed by atoms with Gasteiger partial charge in [-0.1, -0.05) is 18.7 Å². The smallest absolute Gasteiger partial charge is 0.343 e. The van der Waals surface area contributed by atoms with Crippen molar-refractivity contribution in [3.8, 4) is 0 Å². The van der Waals surface area contributed by atoms with Gasteiger partial charge in [-0.25, -0.2) is 14.8 Å². The van der Waals surface area contributed by atoms with Gasteiger partial charge in [0.2, 0.25) is 0 Å². The molecule has 0 fully saturated rings. The van der Waals surface area contributed by atoms with E-state index in [1.54, 1.807) is 0 Å². The summed E-state index contributed by atoms with van der Waals surface area (Å²) in [4.78, 5) is 19.3. The molecule has 0 spiro atoms. The van der Waals surface area contributed by atoms with Crippen molar-refractivity contribution in [2.24, 2.45) is 0 Å². The minimum absolute atomic E-state index is 0.162. The first-order valence-electron chi connectivity index (χ1n) is 4.52. The molecule has 1 aromatic heterocycles. The van der Waals surface area contributed by atoms with E-state index in [1.165, 1.54) is 18.0 Å². The third kappa shape index (κ3) is 3.09.